The van der Waals surface area contributed by atoms with E-state index in [1.807, 2.05) is 0 Å². The molecule has 0 atom stereocenters. The lowest BCUT2D eigenvalue weighted by atomic mass is 9.87. The molecule has 24 rings (SSSR count). The topological polar surface area (TPSA) is 15.5 Å². The predicted octanol–water partition coefficient (Wildman–Crippen LogP) is 26.7. The van der Waals surface area contributed by atoms with Gasteiger partial charge in [0.05, 0.1) is 0 Å². The highest BCUT2D eigenvalue weighted by Crippen LogP contribution is 2.52. The van der Waals surface area contributed by atoms with E-state index in [9.17, 15) is 0 Å². The molecule has 4 heterocycles. The molecule has 4 heteroatoms. The first-order valence-electron chi connectivity index (χ1n) is 42.6. The molecule has 118 heavy (non-hydrogen) atoms. The van der Waals surface area contributed by atoms with Gasteiger partial charge in [-0.2, -0.15) is 0 Å². The summed E-state index contributed by atoms with van der Waals surface area (Å²) in [4.78, 5) is 0. The van der Waals surface area contributed by atoms with Crippen LogP contribution in [0.25, 0.3) is 174 Å². The van der Waals surface area contributed by atoms with Crippen molar-refractivity contribution in [3.05, 3.63) is 356 Å². The largest absolute Gasteiger partial charge is 0.212 e. The van der Waals surface area contributed by atoms with E-state index in [0.29, 0.717) is 5.92 Å². The molecule has 4 aliphatic rings. The first-order chi connectivity index (χ1) is 57.1. The van der Waals surface area contributed by atoms with Gasteiger partial charge < -0.3 is 0 Å². The van der Waals surface area contributed by atoms with Gasteiger partial charge in [-0.1, -0.05) is 204 Å². The third-order valence-corrected chi connectivity index (χ3v) is 27.4. The lowest BCUT2D eigenvalue weighted by molar-refractivity contribution is -0.660. The number of aromatic nitrogens is 4. The van der Waals surface area contributed by atoms with E-state index >= 15 is 0 Å². The maximum atomic E-state index is 2.47. The van der Waals surface area contributed by atoms with Crippen LogP contribution in [0.3, 0.4) is 0 Å². The number of rotatable bonds is 6. The van der Waals surface area contributed by atoms with Gasteiger partial charge in [0.1, 0.15) is 28.2 Å². The highest BCUT2D eigenvalue weighted by molar-refractivity contribution is 6.33. The van der Waals surface area contributed by atoms with E-state index in [1.54, 1.807) is 0 Å². The fourth-order valence-corrected chi connectivity index (χ4v) is 21.7. The number of hydrogen-bond acceptors (Lipinski definition) is 0. The number of nitrogens with zero attached hydrogens (tertiary/aromatic N) is 4. The Morgan fingerprint density at radius 3 is 0.915 bits per heavy atom. The number of fused-ring (bicyclic) bond motifs is 12. The summed E-state index contributed by atoms with van der Waals surface area (Å²) in [7, 11) is 8.64. The molecule has 0 bridgehead atoms. The Bertz CT molecular complexity index is 7830. The molecule has 16 aromatic carbocycles. The van der Waals surface area contributed by atoms with E-state index in [1.165, 1.54) is 263 Å². The normalized spacial score (nSPS) is 12.8. The van der Waals surface area contributed by atoms with Crippen LogP contribution in [0.4, 0.5) is 0 Å². The van der Waals surface area contributed by atoms with E-state index in [0.717, 1.165) is 32.1 Å². The van der Waals surface area contributed by atoms with Gasteiger partial charge in [0.25, 0.3) is 0 Å². The number of benzene rings is 16. The van der Waals surface area contributed by atoms with Crippen LogP contribution >= 0.6 is 0 Å². The van der Waals surface area contributed by atoms with Gasteiger partial charge in [0.15, 0.2) is 24.8 Å². The van der Waals surface area contributed by atoms with E-state index in [-0.39, 0.29) is 5.41 Å². The average Bonchev–Trinajstić information content (AvgIpc) is 1.53. The van der Waals surface area contributed by atoms with E-state index in [4.69, 9.17) is 0 Å². The third kappa shape index (κ3) is 11.4. The molecule has 0 aliphatic heterocycles. The molecule has 20 aromatic rings. The second kappa shape index (κ2) is 27.4. The monoisotopic (exact) mass is 1520 g/mol. The van der Waals surface area contributed by atoms with Gasteiger partial charge in [-0.15, -0.1) is 0 Å². The van der Waals surface area contributed by atoms with Crippen LogP contribution in [0.2, 0.25) is 0 Å². The predicted molar refractivity (Wildman–Crippen MR) is 499 cm³/mol. The zero-order valence-corrected chi connectivity index (χ0v) is 70.8. The van der Waals surface area contributed by atoms with Gasteiger partial charge >= 0.3 is 0 Å². The quantitative estimate of drug-likeness (QED) is 0.116. The summed E-state index contributed by atoms with van der Waals surface area (Å²) in [5.74, 6) is 0.519. The number of hydrogen-bond donors (Lipinski definition) is 0. The molecular formula is C114H100N4+4. The Balaban J connectivity index is 0.0000000979. The van der Waals surface area contributed by atoms with Crippen LogP contribution in [0.5, 0.6) is 0 Å². The molecule has 4 aromatic heterocycles. The summed E-state index contributed by atoms with van der Waals surface area (Å²) in [6.07, 6.45) is 14.0. The van der Waals surface area contributed by atoms with Crippen LogP contribution < -0.4 is 18.3 Å². The van der Waals surface area contributed by atoms with Gasteiger partial charge in [-0.05, 0) is 328 Å². The highest BCUT2D eigenvalue weighted by atomic mass is 14.9. The lowest BCUT2D eigenvalue weighted by Gasteiger charge is -2.18. The molecule has 0 unspecified atom stereocenters. The van der Waals surface area contributed by atoms with Crippen molar-refractivity contribution >= 4 is 129 Å². The summed E-state index contributed by atoms with van der Waals surface area (Å²) in [5, 5.41) is 33.9. The second-order valence-corrected chi connectivity index (χ2v) is 36.3. The molecular weight excluding hydrogens is 1430 g/mol. The van der Waals surface area contributed by atoms with Gasteiger partial charge in [0, 0.05) is 70.3 Å². The van der Waals surface area contributed by atoms with Crippen LogP contribution in [0, 0.1) is 47.0 Å². The van der Waals surface area contributed by atoms with Crippen molar-refractivity contribution in [2.75, 3.05) is 0 Å². The van der Waals surface area contributed by atoms with Crippen molar-refractivity contribution in [1.29, 1.82) is 0 Å². The van der Waals surface area contributed by atoms with Crippen molar-refractivity contribution in [3.8, 4) is 45.0 Å². The van der Waals surface area contributed by atoms with E-state index in [2.05, 4.69) is 390 Å². The van der Waals surface area contributed by atoms with Crippen LogP contribution in [-0.2, 0) is 60.3 Å². The standard InChI is InChI=1S/C31H30N.C29H26N.2C27H22N/c1-19-25(28-15-20(13-14-32(28)5)18-31(2,3)4)17-27-23-11-7-6-10-22(23)24-12-8-9-21-16-26(19)30(27)29(21)24;1-17(2)19-12-13-30(4)27(15-19)24-16-26-22-10-6-5-9-21(22)23-11-7-8-20-14-25(18(24)3)29(26)28(20)23;1-16-11-12-25(28(3)15-16)22-14-24-20-9-5-4-8-19(20)21-10-6-7-18-13-23(17(22)2)27(24)26(18)21;1-16-11-12-28(3)25(13-16)22-15-24-20-9-5-4-8-19(20)21-10-6-7-18-14-23(17(22)2)27(24)26(18)21/h6-15,17H,16,18H2,1-5H3;5-13,15-17H,14H2,1-4H3;4-12,14-15H,13H2,1-3H3;4-13,15H,14H2,1-3H3/q4*+1. The molecule has 0 N–H and O–H groups in total. The zero-order valence-electron chi connectivity index (χ0n) is 70.8. The van der Waals surface area contributed by atoms with Crippen LogP contribution in [-0.4, -0.2) is 0 Å². The third-order valence-electron chi connectivity index (χ3n) is 27.4. The van der Waals surface area contributed by atoms with Gasteiger partial charge in [-0.3, -0.25) is 0 Å². The summed E-state index contributed by atoms with van der Waals surface area (Å²) in [5.41, 5.74) is 33.9. The zero-order chi connectivity index (χ0) is 80.7. The number of pyridine rings is 4. The van der Waals surface area contributed by atoms with Crippen LogP contribution in [0.15, 0.2) is 267 Å². The molecule has 4 nitrogen and oxygen atoms in total. The lowest BCUT2D eigenvalue weighted by Crippen LogP contribution is -2.31. The molecule has 572 valence electrons. The fourth-order valence-electron chi connectivity index (χ4n) is 21.7. The minimum atomic E-state index is 0.271. The molecule has 0 spiro atoms. The minimum absolute atomic E-state index is 0.271. The summed E-state index contributed by atoms with van der Waals surface area (Å²) < 4.78 is 9.07. The molecule has 0 fully saturated rings. The van der Waals surface area contributed by atoms with Gasteiger partial charge in [-0.25, -0.2) is 18.3 Å². The first-order valence-corrected chi connectivity index (χ1v) is 42.6. The summed E-state index contributed by atoms with van der Waals surface area (Å²) in [6, 6.07) is 91.0. The van der Waals surface area contributed by atoms with Crippen LogP contribution in [0.1, 0.15) is 130 Å². The Morgan fingerprint density at radius 1 is 0.271 bits per heavy atom. The Morgan fingerprint density at radius 2 is 0.576 bits per heavy atom. The molecule has 0 saturated heterocycles. The minimum Gasteiger partial charge on any atom is -0.201 e. The van der Waals surface area contributed by atoms with E-state index < -0.39 is 0 Å². The Kier molecular flexibility index (Phi) is 17.0. The molecule has 4 aliphatic carbocycles. The smallest absolute Gasteiger partial charge is 0.201 e. The summed E-state index contributed by atoms with van der Waals surface area (Å²) in [6.45, 7) is 25.1. The first kappa shape index (κ1) is 72.9. The highest BCUT2D eigenvalue weighted by Gasteiger charge is 2.32. The number of aryl methyl sites for hydroxylation is 6. The average molecular weight is 1530 g/mol. The molecule has 0 radical (unpaired) electrons. The van der Waals surface area contributed by atoms with Gasteiger partial charge in [0.2, 0.25) is 22.8 Å². The molecule has 0 saturated carbocycles. The van der Waals surface area contributed by atoms with Crippen molar-refractivity contribution in [1.82, 2.24) is 0 Å². The molecule has 0 amide bonds. The van der Waals surface area contributed by atoms with Crippen molar-refractivity contribution in [3.63, 3.8) is 0 Å². The SMILES string of the molecule is Cc1c(-c2cc(C(C)C)cc[n+]2C)cc2c3ccccc3c3cccc4c3c2c1C4.Cc1c(-c2cc(CC(C)(C)C)cc[n+]2C)cc2c3ccccc3c3cccc4c3c2c1C4.Cc1cc[n+](C)c(-c2cc3c4ccccc4c4cccc5c4c3c(c2C)C5)c1.Cc1ccc(-c2cc3c4ccccc4c4cccc5c4c3c(c2C)C5)[n+](C)c1. The maximum Gasteiger partial charge on any atom is 0.212 e. The second-order valence-electron chi connectivity index (χ2n) is 36.3. The van der Waals surface area contributed by atoms with Crippen molar-refractivity contribution in [2.45, 2.75) is 114 Å². The van der Waals surface area contributed by atoms with Crippen molar-refractivity contribution in [2.24, 2.45) is 33.6 Å². The maximum absolute atomic E-state index is 2.47. The van der Waals surface area contributed by atoms with Crippen molar-refractivity contribution < 1.29 is 18.3 Å². The fraction of sp³-hybridized carbons (Fsp3) is 0.193. The Hall–Kier alpha value is -12.8. The Labute approximate surface area is 692 Å². The summed E-state index contributed by atoms with van der Waals surface area (Å²) >= 11 is 0.